The summed E-state index contributed by atoms with van der Waals surface area (Å²) in [5, 5.41) is 7.06. The summed E-state index contributed by atoms with van der Waals surface area (Å²) in [6.07, 6.45) is 4.28. The van der Waals surface area contributed by atoms with Crippen molar-refractivity contribution >= 4 is 17.7 Å². The Balaban J connectivity index is 1.47. The highest BCUT2D eigenvalue weighted by Gasteiger charge is 2.33. The van der Waals surface area contributed by atoms with Crippen molar-refractivity contribution in [2.75, 3.05) is 25.5 Å². The molecule has 0 aliphatic carbocycles. The number of rotatable bonds is 7. The van der Waals surface area contributed by atoms with Crippen LogP contribution in [-0.2, 0) is 21.5 Å². The van der Waals surface area contributed by atoms with Crippen molar-refractivity contribution in [3.63, 3.8) is 0 Å². The molecular weight excluding hydrogens is 324 g/mol. The maximum atomic E-state index is 11.1. The largest absolute Gasteiger partial charge is 0.466 e. The van der Waals surface area contributed by atoms with Crippen LogP contribution in [0.25, 0.3) is 6.08 Å². The Kier molecular flexibility index (Phi) is 5.74. The van der Waals surface area contributed by atoms with Gasteiger partial charge in [0.05, 0.1) is 7.11 Å². The summed E-state index contributed by atoms with van der Waals surface area (Å²) in [6, 6.07) is 16.8. The van der Waals surface area contributed by atoms with Crippen molar-refractivity contribution in [3.8, 4) is 0 Å². The van der Waals surface area contributed by atoms with E-state index in [9.17, 15) is 4.79 Å². The molecule has 4 heteroatoms. The molecule has 0 radical (unpaired) electrons. The van der Waals surface area contributed by atoms with Gasteiger partial charge in [-0.15, -0.1) is 0 Å². The smallest absolute Gasteiger partial charge is 0.330 e. The standard InChI is InChI=1S/C22H26N2O2/c1-22(16-24-20-6-4-3-5-19(20)22)13-14-23-15-18-9-7-17(8-10-18)11-12-21(25)26-2/h3-12,23-24H,13-16H2,1-2H3/b12-11+. The van der Waals surface area contributed by atoms with Gasteiger partial charge in [-0.3, -0.25) is 0 Å². The summed E-state index contributed by atoms with van der Waals surface area (Å²) in [5.41, 5.74) is 5.09. The molecule has 0 saturated heterocycles. The number of fused-ring (bicyclic) bond motifs is 1. The number of methoxy groups -OCH3 is 1. The number of anilines is 1. The average Bonchev–Trinajstić information content (AvgIpc) is 3.02. The first kappa shape index (κ1) is 18.2. The molecule has 26 heavy (non-hydrogen) atoms. The molecule has 0 spiro atoms. The monoisotopic (exact) mass is 350 g/mol. The molecule has 136 valence electrons. The summed E-state index contributed by atoms with van der Waals surface area (Å²) in [4.78, 5) is 11.1. The van der Waals surface area contributed by atoms with Crippen LogP contribution < -0.4 is 10.6 Å². The van der Waals surface area contributed by atoms with Crippen LogP contribution in [0, 0.1) is 0 Å². The van der Waals surface area contributed by atoms with Crippen LogP contribution in [0.2, 0.25) is 0 Å². The minimum atomic E-state index is -0.341. The number of hydrogen-bond donors (Lipinski definition) is 2. The summed E-state index contributed by atoms with van der Waals surface area (Å²) in [6.45, 7) is 5.13. The Bertz CT molecular complexity index is 783. The predicted molar refractivity (Wildman–Crippen MR) is 106 cm³/mol. The number of carbonyl (C=O) groups excluding carboxylic acids is 1. The van der Waals surface area contributed by atoms with Crippen molar-refractivity contribution in [1.29, 1.82) is 0 Å². The van der Waals surface area contributed by atoms with E-state index in [0.29, 0.717) is 0 Å². The fourth-order valence-electron chi connectivity index (χ4n) is 3.35. The molecule has 4 nitrogen and oxygen atoms in total. The second-order valence-electron chi connectivity index (χ2n) is 6.98. The first-order chi connectivity index (χ1) is 12.6. The van der Waals surface area contributed by atoms with Gasteiger partial charge in [-0.25, -0.2) is 4.79 Å². The van der Waals surface area contributed by atoms with Crippen LogP contribution in [0.5, 0.6) is 0 Å². The lowest BCUT2D eigenvalue weighted by atomic mass is 9.81. The van der Waals surface area contributed by atoms with E-state index in [1.165, 1.54) is 30.0 Å². The van der Waals surface area contributed by atoms with Gasteiger partial charge in [-0.05, 0) is 41.8 Å². The topological polar surface area (TPSA) is 50.4 Å². The molecule has 1 heterocycles. The SMILES string of the molecule is COC(=O)/C=C/c1ccc(CNCCC2(C)CNc3ccccc32)cc1. The maximum Gasteiger partial charge on any atom is 0.330 e. The zero-order valence-electron chi connectivity index (χ0n) is 15.4. The number of nitrogens with one attached hydrogen (secondary N) is 2. The van der Waals surface area contributed by atoms with Crippen LogP contribution in [0.15, 0.2) is 54.6 Å². The number of para-hydroxylation sites is 1. The van der Waals surface area contributed by atoms with Crippen LogP contribution in [0.3, 0.4) is 0 Å². The molecule has 1 atom stereocenters. The van der Waals surface area contributed by atoms with Crippen molar-refractivity contribution in [2.24, 2.45) is 0 Å². The lowest BCUT2D eigenvalue weighted by molar-refractivity contribution is -0.134. The second-order valence-corrected chi connectivity index (χ2v) is 6.98. The molecule has 0 saturated carbocycles. The third kappa shape index (κ3) is 4.33. The summed E-state index contributed by atoms with van der Waals surface area (Å²) in [5.74, 6) is -0.341. The molecule has 1 unspecified atom stereocenters. The highest BCUT2D eigenvalue weighted by Crippen LogP contribution is 2.38. The third-order valence-electron chi connectivity index (χ3n) is 5.02. The Morgan fingerprint density at radius 3 is 2.77 bits per heavy atom. The van der Waals surface area contributed by atoms with E-state index >= 15 is 0 Å². The number of benzene rings is 2. The van der Waals surface area contributed by atoms with E-state index < -0.39 is 0 Å². The Labute approximate surface area is 155 Å². The van der Waals surface area contributed by atoms with E-state index in [4.69, 9.17) is 0 Å². The first-order valence-corrected chi connectivity index (χ1v) is 9.00. The van der Waals surface area contributed by atoms with E-state index in [0.717, 1.165) is 31.6 Å². The van der Waals surface area contributed by atoms with Crippen LogP contribution in [0.4, 0.5) is 5.69 Å². The quantitative estimate of drug-likeness (QED) is 0.454. The molecule has 2 N–H and O–H groups in total. The van der Waals surface area contributed by atoms with Crippen LogP contribution >= 0.6 is 0 Å². The van der Waals surface area contributed by atoms with E-state index in [1.807, 2.05) is 12.1 Å². The molecule has 3 rings (SSSR count). The van der Waals surface area contributed by atoms with Crippen LogP contribution in [-0.4, -0.2) is 26.2 Å². The molecule has 2 aromatic rings. The minimum absolute atomic E-state index is 0.187. The van der Waals surface area contributed by atoms with Crippen molar-refractivity contribution in [3.05, 3.63) is 71.3 Å². The summed E-state index contributed by atoms with van der Waals surface area (Å²) < 4.78 is 4.59. The summed E-state index contributed by atoms with van der Waals surface area (Å²) >= 11 is 0. The van der Waals surface area contributed by atoms with Gasteiger partial charge in [-0.2, -0.15) is 0 Å². The van der Waals surface area contributed by atoms with Gasteiger partial charge in [0.2, 0.25) is 0 Å². The van der Waals surface area contributed by atoms with Gasteiger partial charge in [0, 0.05) is 30.3 Å². The van der Waals surface area contributed by atoms with Gasteiger partial charge in [0.1, 0.15) is 0 Å². The van der Waals surface area contributed by atoms with E-state index in [1.54, 1.807) is 6.08 Å². The summed E-state index contributed by atoms with van der Waals surface area (Å²) in [7, 11) is 1.38. The van der Waals surface area contributed by atoms with Gasteiger partial charge >= 0.3 is 5.97 Å². The van der Waals surface area contributed by atoms with Gasteiger partial charge in [0.15, 0.2) is 0 Å². The Morgan fingerprint density at radius 2 is 2.00 bits per heavy atom. The fourth-order valence-corrected chi connectivity index (χ4v) is 3.35. The van der Waals surface area contributed by atoms with Gasteiger partial charge < -0.3 is 15.4 Å². The van der Waals surface area contributed by atoms with Crippen LogP contribution in [0.1, 0.15) is 30.0 Å². The highest BCUT2D eigenvalue weighted by atomic mass is 16.5. The average molecular weight is 350 g/mol. The normalized spacial score (nSPS) is 18.5. The molecule has 1 aliphatic rings. The zero-order chi connectivity index (χ0) is 18.4. The Hall–Kier alpha value is -2.59. The highest BCUT2D eigenvalue weighted by molar-refractivity contribution is 5.86. The maximum absolute atomic E-state index is 11.1. The molecule has 0 bridgehead atoms. The molecule has 0 fully saturated rings. The lowest BCUT2D eigenvalue weighted by Crippen LogP contribution is -2.29. The fraction of sp³-hybridized carbons (Fsp3) is 0.318. The number of ether oxygens (including phenoxy) is 1. The molecule has 2 aromatic carbocycles. The van der Waals surface area contributed by atoms with Gasteiger partial charge in [-0.1, -0.05) is 49.4 Å². The Morgan fingerprint density at radius 1 is 1.23 bits per heavy atom. The molecular formula is C22H26N2O2. The number of hydrogen-bond acceptors (Lipinski definition) is 4. The zero-order valence-corrected chi connectivity index (χ0v) is 15.4. The van der Waals surface area contributed by atoms with E-state index in [2.05, 4.69) is 58.7 Å². The number of esters is 1. The van der Waals surface area contributed by atoms with Crippen molar-refractivity contribution in [1.82, 2.24) is 5.32 Å². The molecule has 0 aromatic heterocycles. The predicted octanol–water partition coefficient (Wildman–Crippen LogP) is 3.74. The third-order valence-corrected chi connectivity index (χ3v) is 5.02. The molecule has 1 aliphatic heterocycles. The van der Waals surface area contributed by atoms with Gasteiger partial charge in [0.25, 0.3) is 0 Å². The van der Waals surface area contributed by atoms with Crippen molar-refractivity contribution < 1.29 is 9.53 Å². The first-order valence-electron chi connectivity index (χ1n) is 9.00. The lowest BCUT2D eigenvalue weighted by Gasteiger charge is -2.24. The second kappa shape index (κ2) is 8.19. The van der Waals surface area contributed by atoms with E-state index in [-0.39, 0.29) is 11.4 Å². The van der Waals surface area contributed by atoms with Crippen molar-refractivity contribution in [2.45, 2.75) is 25.3 Å². The number of carbonyl (C=O) groups is 1. The molecule has 0 amide bonds. The minimum Gasteiger partial charge on any atom is -0.466 e.